The van der Waals surface area contributed by atoms with Crippen molar-refractivity contribution in [1.29, 1.82) is 0 Å². The highest BCUT2D eigenvalue weighted by molar-refractivity contribution is 7.99. The largest absolute Gasteiger partial charge is 0.298 e. The minimum atomic E-state index is 0.732. The quantitative estimate of drug-likeness (QED) is 0.601. The lowest BCUT2D eigenvalue weighted by molar-refractivity contribution is 0.112. The van der Waals surface area contributed by atoms with Crippen LogP contribution in [0.4, 0.5) is 0 Å². The van der Waals surface area contributed by atoms with E-state index in [2.05, 4.69) is 5.10 Å². The molecule has 0 spiro atoms. The van der Waals surface area contributed by atoms with Gasteiger partial charge in [0, 0.05) is 35.2 Å². The zero-order chi connectivity index (χ0) is 12.1. The molecule has 1 aromatic carbocycles. The van der Waals surface area contributed by atoms with Gasteiger partial charge in [-0.2, -0.15) is 5.10 Å². The monoisotopic (exact) mass is 246 g/mol. The molecule has 0 N–H and O–H groups in total. The molecule has 0 unspecified atom stereocenters. The Bertz CT molecular complexity index is 508. The van der Waals surface area contributed by atoms with Gasteiger partial charge in [-0.1, -0.05) is 12.1 Å². The summed E-state index contributed by atoms with van der Waals surface area (Å²) < 4.78 is 1.89. The van der Waals surface area contributed by atoms with E-state index in [1.165, 1.54) is 5.69 Å². The van der Waals surface area contributed by atoms with Crippen LogP contribution in [0.5, 0.6) is 0 Å². The van der Waals surface area contributed by atoms with Crippen molar-refractivity contribution in [3.8, 4) is 0 Å². The van der Waals surface area contributed by atoms with Gasteiger partial charge < -0.3 is 0 Å². The molecule has 0 radical (unpaired) electrons. The highest BCUT2D eigenvalue weighted by Crippen LogP contribution is 2.19. The molecular formula is C13H14N2OS. The minimum Gasteiger partial charge on any atom is -0.298 e. The molecule has 0 bridgehead atoms. The first-order valence-electron chi connectivity index (χ1n) is 5.44. The average molecular weight is 246 g/mol. The van der Waals surface area contributed by atoms with Crippen LogP contribution in [0.1, 0.15) is 16.1 Å². The zero-order valence-corrected chi connectivity index (χ0v) is 10.5. The molecule has 1 heterocycles. The van der Waals surface area contributed by atoms with Crippen LogP contribution in [0, 0.1) is 0 Å². The third-order valence-corrected chi connectivity index (χ3v) is 3.54. The van der Waals surface area contributed by atoms with Crippen LogP contribution in [-0.2, 0) is 13.5 Å². The van der Waals surface area contributed by atoms with Gasteiger partial charge in [0.1, 0.15) is 6.29 Å². The standard InChI is InChI=1S/C13H14N2OS/c1-15-12(5-7-14-15)6-8-17-13-4-2-3-11(9-13)10-16/h2-5,7,9-10H,6,8H2,1H3. The average Bonchev–Trinajstić information content (AvgIpc) is 2.76. The maximum atomic E-state index is 10.6. The second kappa shape index (κ2) is 5.68. The molecule has 17 heavy (non-hydrogen) atoms. The van der Waals surface area contributed by atoms with Crippen LogP contribution in [-0.4, -0.2) is 21.8 Å². The molecular weight excluding hydrogens is 232 g/mol. The van der Waals surface area contributed by atoms with Crippen LogP contribution in [0.15, 0.2) is 41.4 Å². The number of thioether (sulfide) groups is 1. The van der Waals surface area contributed by atoms with Gasteiger partial charge in [-0.25, -0.2) is 0 Å². The van der Waals surface area contributed by atoms with E-state index in [1.807, 2.05) is 48.3 Å². The van der Waals surface area contributed by atoms with Crippen molar-refractivity contribution in [2.24, 2.45) is 7.05 Å². The lowest BCUT2D eigenvalue weighted by atomic mass is 10.2. The maximum Gasteiger partial charge on any atom is 0.150 e. The number of rotatable bonds is 5. The Labute approximate surface area is 105 Å². The molecule has 2 aromatic rings. The molecule has 0 atom stereocenters. The van der Waals surface area contributed by atoms with Crippen molar-refractivity contribution in [1.82, 2.24) is 9.78 Å². The van der Waals surface area contributed by atoms with Crippen molar-refractivity contribution in [2.45, 2.75) is 11.3 Å². The number of carbonyl (C=O) groups is 1. The molecule has 0 saturated carbocycles. The Balaban J connectivity index is 1.90. The smallest absolute Gasteiger partial charge is 0.150 e. The third-order valence-electron chi connectivity index (χ3n) is 2.54. The Kier molecular flexibility index (Phi) is 3.98. The van der Waals surface area contributed by atoms with E-state index in [9.17, 15) is 4.79 Å². The summed E-state index contributed by atoms with van der Waals surface area (Å²) in [5.41, 5.74) is 1.96. The summed E-state index contributed by atoms with van der Waals surface area (Å²) in [6.07, 6.45) is 3.67. The molecule has 0 saturated heterocycles. The number of aldehydes is 1. The number of carbonyl (C=O) groups excluding carboxylic acids is 1. The van der Waals surface area contributed by atoms with Crippen molar-refractivity contribution in [3.05, 3.63) is 47.8 Å². The number of nitrogens with zero attached hydrogens (tertiary/aromatic N) is 2. The molecule has 1 aromatic heterocycles. The molecule has 0 aliphatic carbocycles. The lowest BCUT2D eigenvalue weighted by Gasteiger charge is -2.03. The number of hydrogen-bond acceptors (Lipinski definition) is 3. The first-order chi connectivity index (χ1) is 8.29. The minimum absolute atomic E-state index is 0.732. The molecule has 0 aliphatic rings. The summed E-state index contributed by atoms with van der Waals surface area (Å²) in [6, 6.07) is 9.71. The summed E-state index contributed by atoms with van der Waals surface area (Å²) >= 11 is 1.76. The Morgan fingerprint density at radius 2 is 2.29 bits per heavy atom. The van der Waals surface area contributed by atoms with Gasteiger partial charge in [0.15, 0.2) is 0 Å². The van der Waals surface area contributed by atoms with Crippen LogP contribution in [0.3, 0.4) is 0 Å². The van der Waals surface area contributed by atoms with Crippen molar-refractivity contribution in [2.75, 3.05) is 5.75 Å². The summed E-state index contributed by atoms with van der Waals surface area (Å²) in [6.45, 7) is 0. The van der Waals surface area contributed by atoms with E-state index in [0.29, 0.717) is 0 Å². The predicted octanol–water partition coefficient (Wildman–Crippen LogP) is 2.57. The van der Waals surface area contributed by atoms with Gasteiger partial charge in [-0.05, 0) is 24.6 Å². The SMILES string of the molecule is Cn1nccc1CCSc1cccc(C=O)c1. The van der Waals surface area contributed by atoms with E-state index < -0.39 is 0 Å². The van der Waals surface area contributed by atoms with E-state index >= 15 is 0 Å². The molecule has 0 fully saturated rings. The van der Waals surface area contributed by atoms with Gasteiger partial charge in [0.2, 0.25) is 0 Å². The van der Waals surface area contributed by atoms with Crippen molar-refractivity contribution in [3.63, 3.8) is 0 Å². The van der Waals surface area contributed by atoms with E-state index in [0.717, 1.165) is 28.9 Å². The van der Waals surface area contributed by atoms with Gasteiger partial charge in [0.25, 0.3) is 0 Å². The summed E-state index contributed by atoms with van der Waals surface area (Å²) in [5, 5.41) is 4.13. The van der Waals surface area contributed by atoms with Crippen LogP contribution < -0.4 is 0 Å². The van der Waals surface area contributed by atoms with Crippen molar-refractivity contribution >= 4 is 18.0 Å². The van der Waals surface area contributed by atoms with Gasteiger partial charge in [-0.3, -0.25) is 9.48 Å². The fourth-order valence-electron chi connectivity index (χ4n) is 1.60. The number of aromatic nitrogens is 2. The Morgan fingerprint density at radius 3 is 3.00 bits per heavy atom. The molecule has 0 amide bonds. The van der Waals surface area contributed by atoms with Crippen LogP contribution in [0.2, 0.25) is 0 Å². The first-order valence-corrected chi connectivity index (χ1v) is 6.43. The van der Waals surface area contributed by atoms with Crippen molar-refractivity contribution < 1.29 is 4.79 Å². The highest BCUT2D eigenvalue weighted by Gasteiger charge is 2.00. The van der Waals surface area contributed by atoms with E-state index in [1.54, 1.807) is 11.8 Å². The molecule has 4 heteroatoms. The third kappa shape index (κ3) is 3.20. The zero-order valence-electron chi connectivity index (χ0n) is 9.67. The molecule has 0 aliphatic heterocycles. The van der Waals surface area contributed by atoms with E-state index in [4.69, 9.17) is 0 Å². The molecule has 3 nitrogen and oxygen atoms in total. The number of aryl methyl sites for hydroxylation is 2. The summed E-state index contributed by atoms with van der Waals surface area (Å²) in [5.74, 6) is 0.988. The first kappa shape index (κ1) is 11.9. The van der Waals surface area contributed by atoms with E-state index in [-0.39, 0.29) is 0 Å². The highest BCUT2D eigenvalue weighted by atomic mass is 32.2. The number of hydrogen-bond donors (Lipinski definition) is 0. The fourth-order valence-corrected chi connectivity index (χ4v) is 2.54. The number of benzene rings is 1. The topological polar surface area (TPSA) is 34.9 Å². The fraction of sp³-hybridized carbons (Fsp3) is 0.231. The van der Waals surface area contributed by atoms with Crippen LogP contribution in [0.25, 0.3) is 0 Å². The van der Waals surface area contributed by atoms with Gasteiger partial charge in [0.05, 0.1) is 0 Å². The maximum absolute atomic E-state index is 10.6. The van der Waals surface area contributed by atoms with Gasteiger partial charge >= 0.3 is 0 Å². The van der Waals surface area contributed by atoms with Gasteiger partial charge in [-0.15, -0.1) is 11.8 Å². The Morgan fingerprint density at radius 1 is 1.41 bits per heavy atom. The normalized spacial score (nSPS) is 10.4. The molecule has 88 valence electrons. The second-order valence-corrected chi connectivity index (χ2v) is 4.90. The summed E-state index contributed by atoms with van der Waals surface area (Å²) in [7, 11) is 1.95. The second-order valence-electron chi connectivity index (χ2n) is 3.73. The Hall–Kier alpha value is -1.55. The van der Waals surface area contributed by atoms with Crippen LogP contribution >= 0.6 is 11.8 Å². The lowest BCUT2D eigenvalue weighted by Crippen LogP contribution is -1.99. The predicted molar refractivity (Wildman–Crippen MR) is 69.5 cm³/mol. The molecule has 2 rings (SSSR count). The summed E-state index contributed by atoms with van der Waals surface area (Å²) in [4.78, 5) is 11.8.